The van der Waals surface area contributed by atoms with E-state index in [-0.39, 0.29) is 24.1 Å². The van der Waals surface area contributed by atoms with Crippen molar-refractivity contribution in [3.05, 3.63) is 17.5 Å². The van der Waals surface area contributed by atoms with Gasteiger partial charge in [-0.05, 0) is 52.0 Å². The fourth-order valence-corrected chi connectivity index (χ4v) is 3.13. The number of aromatic nitrogens is 2. The second-order valence-corrected chi connectivity index (χ2v) is 7.38. The third kappa shape index (κ3) is 4.93. The zero-order valence-corrected chi connectivity index (χ0v) is 16.0. The Morgan fingerprint density at radius 1 is 1.35 bits per heavy atom. The number of methoxy groups -OCH3 is 1. The predicted molar refractivity (Wildman–Crippen MR) is 94.4 cm³/mol. The van der Waals surface area contributed by atoms with Crippen LogP contribution in [0.4, 0.5) is 0 Å². The Bertz CT molecular complexity index is 677. The summed E-state index contributed by atoms with van der Waals surface area (Å²) >= 11 is 0. The number of aryl methyl sites for hydroxylation is 2. The molecule has 1 atom stereocenters. The number of nitrogens with zero attached hydrogens (tertiary/aromatic N) is 2. The highest BCUT2D eigenvalue weighted by Crippen LogP contribution is 2.28. The van der Waals surface area contributed by atoms with Crippen molar-refractivity contribution in [3.8, 4) is 0 Å². The van der Waals surface area contributed by atoms with Gasteiger partial charge in [0.05, 0.1) is 24.8 Å². The lowest BCUT2D eigenvalue weighted by molar-refractivity contribution is -0.154. The fourth-order valence-electron chi connectivity index (χ4n) is 3.13. The third-order valence-corrected chi connectivity index (χ3v) is 4.92. The van der Waals surface area contributed by atoms with Crippen LogP contribution in [0.2, 0.25) is 0 Å². The van der Waals surface area contributed by atoms with Gasteiger partial charge in [-0.15, -0.1) is 0 Å². The van der Waals surface area contributed by atoms with E-state index in [0.717, 1.165) is 17.7 Å². The van der Waals surface area contributed by atoms with Crippen molar-refractivity contribution in [2.45, 2.75) is 59.4 Å². The number of fused-ring (bicyclic) bond motifs is 1. The summed E-state index contributed by atoms with van der Waals surface area (Å²) in [6, 6.07) is 0. The Hall–Kier alpha value is -2.18. The maximum absolute atomic E-state index is 12.2. The third-order valence-electron chi connectivity index (χ3n) is 4.92. The summed E-state index contributed by atoms with van der Waals surface area (Å²) in [5, 5.41) is 4.59. The van der Waals surface area contributed by atoms with Gasteiger partial charge in [0.2, 0.25) is 0 Å². The molecule has 0 fully saturated rings. The van der Waals surface area contributed by atoms with Gasteiger partial charge in [0, 0.05) is 18.7 Å². The van der Waals surface area contributed by atoms with Crippen LogP contribution < -0.4 is 0 Å². The first kappa shape index (κ1) is 20.1. The highest BCUT2D eigenvalue weighted by molar-refractivity contribution is 5.97. The molecule has 7 nitrogen and oxygen atoms in total. The molecule has 2 rings (SSSR count). The van der Waals surface area contributed by atoms with Crippen molar-refractivity contribution < 1.29 is 23.9 Å². The van der Waals surface area contributed by atoms with E-state index in [1.807, 2.05) is 24.7 Å². The smallest absolute Gasteiger partial charge is 0.313 e. The van der Waals surface area contributed by atoms with Crippen LogP contribution in [-0.2, 0) is 43.2 Å². The molecule has 0 aliphatic heterocycles. The minimum atomic E-state index is -0.568. The number of hydrogen-bond donors (Lipinski definition) is 0. The molecular formula is C19H28N2O5. The first-order valence-electron chi connectivity index (χ1n) is 9.08. The second-order valence-electron chi connectivity index (χ2n) is 7.38. The zero-order chi connectivity index (χ0) is 19.3. The van der Waals surface area contributed by atoms with Crippen molar-refractivity contribution in [1.82, 2.24) is 9.78 Å². The quantitative estimate of drug-likeness (QED) is 0.518. The average molecular weight is 364 g/mol. The largest absolute Gasteiger partial charge is 0.469 e. The normalized spacial score (nSPS) is 16.7. The highest BCUT2D eigenvalue weighted by Gasteiger charge is 2.30. The van der Waals surface area contributed by atoms with E-state index in [0.29, 0.717) is 32.4 Å². The number of ether oxygens (including phenoxy) is 2. The van der Waals surface area contributed by atoms with Crippen LogP contribution in [0.1, 0.15) is 51.3 Å². The lowest BCUT2D eigenvalue weighted by Gasteiger charge is -2.21. The number of esters is 2. The molecule has 1 aliphatic carbocycles. The highest BCUT2D eigenvalue weighted by atomic mass is 16.5. The minimum Gasteiger partial charge on any atom is -0.469 e. The first-order chi connectivity index (χ1) is 12.3. The molecule has 0 spiro atoms. The Kier molecular flexibility index (Phi) is 6.56. The molecule has 1 aliphatic rings. The summed E-state index contributed by atoms with van der Waals surface area (Å²) < 4.78 is 11.5. The second kappa shape index (κ2) is 8.47. The van der Waals surface area contributed by atoms with Crippen LogP contribution >= 0.6 is 0 Å². The van der Waals surface area contributed by atoms with Gasteiger partial charge in [0.25, 0.3) is 0 Å². The van der Waals surface area contributed by atoms with E-state index in [2.05, 4.69) is 9.84 Å². The Balaban J connectivity index is 1.96. The number of hydrogen-bond acceptors (Lipinski definition) is 6. The van der Waals surface area contributed by atoms with Crippen LogP contribution in [0.15, 0.2) is 6.20 Å². The summed E-state index contributed by atoms with van der Waals surface area (Å²) in [6.45, 7) is 6.53. The molecule has 144 valence electrons. The molecule has 1 unspecified atom stereocenters. The molecule has 0 bridgehead atoms. The van der Waals surface area contributed by atoms with Crippen LogP contribution in [0.25, 0.3) is 0 Å². The van der Waals surface area contributed by atoms with E-state index in [1.165, 1.54) is 7.11 Å². The molecule has 0 N–H and O–H groups in total. The minimum absolute atomic E-state index is 0.0707. The van der Waals surface area contributed by atoms with Gasteiger partial charge in [0.1, 0.15) is 12.2 Å². The van der Waals surface area contributed by atoms with E-state index in [1.54, 1.807) is 6.92 Å². The van der Waals surface area contributed by atoms with Crippen LogP contribution in [0.5, 0.6) is 0 Å². The van der Waals surface area contributed by atoms with Crippen LogP contribution in [-0.4, -0.2) is 41.2 Å². The van der Waals surface area contributed by atoms with E-state index in [9.17, 15) is 14.4 Å². The topological polar surface area (TPSA) is 87.5 Å². The first-order valence-corrected chi connectivity index (χ1v) is 9.08. The lowest BCUT2D eigenvalue weighted by atomic mass is 9.84. The summed E-state index contributed by atoms with van der Waals surface area (Å²) in [7, 11) is 1.29. The maximum atomic E-state index is 12.2. The number of rotatable bonds is 8. The van der Waals surface area contributed by atoms with Gasteiger partial charge in [-0.2, -0.15) is 5.10 Å². The molecule has 0 radical (unpaired) electrons. The van der Waals surface area contributed by atoms with E-state index < -0.39 is 11.4 Å². The predicted octanol–water partition coefficient (Wildman–Crippen LogP) is 2.10. The van der Waals surface area contributed by atoms with Gasteiger partial charge < -0.3 is 9.47 Å². The standard InChI is InChI=1S/C19H28N2O5/c1-5-26-18(24)19(2,3)8-9-21-12-14-10-13(6-7-15(14)20-21)16(22)11-17(23)25-4/h12-13H,5-11H2,1-4H3. The molecule has 7 heteroatoms. The van der Waals surface area contributed by atoms with Crippen LogP contribution in [0.3, 0.4) is 0 Å². The molecule has 0 saturated carbocycles. The molecule has 1 aromatic rings. The molecule has 1 aromatic heterocycles. The molecule has 0 aromatic carbocycles. The number of carbonyl (C=O) groups excluding carboxylic acids is 3. The lowest BCUT2D eigenvalue weighted by Crippen LogP contribution is -2.28. The van der Waals surface area contributed by atoms with Gasteiger partial charge in [0.15, 0.2) is 0 Å². The summed E-state index contributed by atoms with van der Waals surface area (Å²) in [4.78, 5) is 35.5. The summed E-state index contributed by atoms with van der Waals surface area (Å²) in [5.74, 6) is -0.919. The monoisotopic (exact) mass is 364 g/mol. The van der Waals surface area contributed by atoms with Gasteiger partial charge in [-0.25, -0.2) is 0 Å². The summed E-state index contributed by atoms with van der Waals surface area (Å²) in [6.07, 6.45) is 4.44. The van der Waals surface area contributed by atoms with Crippen molar-refractivity contribution >= 4 is 17.7 Å². The molecular weight excluding hydrogens is 336 g/mol. The molecule has 0 saturated heterocycles. The number of ketones is 1. The van der Waals surface area contributed by atoms with Gasteiger partial charge >= 0.3 is 11.9 Å². The van der Waals surface area contributed by atoms with E-state index in [4.69, 9.17) is 4.74 Å². The van der Waals surface area contributed by atoms with Gasteiger partial charge in [-0.3, -0.25) is 19.1 Å². The average Bonchev–Trinajstić information content (AvgIpc) is 3.02. The van der Waals surface area contributed by atoms with Crippen molar-refractivity contribution in [3.63, 3.8) is 0 Å². The maximum Gasteiger partial charge on any atom is 0.313 e. The van der Waals surface area contributed by atoms with E-state index >= 15 is 0 Å². The van der Waals surface area contributed by atoms with Crippen molar-refractivity contribution in [2.75, 3.05) is 13.7 Å². The summed E-state index contributed by atoms with van der Waals surface area (Å²) in [5.41, 5.74) is 1.48. The van der Waals surface area contributed by atoms with Crippen LogP contribution in [0, 0.1) is 11.3 Å². The Labute approximate surface area is 154 Å². The zero-order valence-electron chi connectivity index (χ0n) is 16.0. The SMILES string of the molecule is CCOC(=O)C(C)(C)CCn1cc2c(n1)CCC(C(=O)CC(=O)OC)C2. The number of Topliss-reactive ketones (excluding diaryl/α,β-unsaturated/α-hetero) is 1. The Morgan fingerprint density at radius 3 is 2.73 bits per heavy atom. The Morgan fingerprint density at radius 2 is 2.08 bits per heavy atom. The fraction of sp³-hybridized carbons (Fsp3) is 0.684. The van der Waals surface area contributed by atoms with Gasteiger partial charge in [-0.1, -0.05) is 0 Å². The molecule has 0 amide bonds. The van der Waals surface area contributed by atoms with Crippen molar-refractivity contribution in [1.29, 1.82) is 0 Å². The van der Waals surface area contributed by atoms with Crippen molar-refractivity contribution in [2.24, 2.45) is 11.3 Å². The number of carbonyl (C=O) groups is 3. The molecule has 26 heavy (non-hydrogen) atoms. The molecule has 1 heterocycles.